The quantitative estimate of drug-likeness (QED) is 0.286. The number of pyridine rings is 1. The third kappa shape index (κ3) is 4.76. The fourth-order valence-electron chi connectivity index (χ4n) is 3.19. The minimum absolute atomic E-state index is 0.458. The average molecular weight is 398 g/mol. The van der Waals surface area contributed by atoms with Crippen LogP contribution in [0.15, 0.2) is 101 Å². The number of rotatable bonds is 4. The van der Waals surface area contributed by atoms with Crippen LogP contribution in [0.3, 0.4) is 0 Å². The van der Waals surface area contributed by atoms with Gasteiger partial charge in [0.15, 0.2) is 5.84 Å². The van der Waals surface area contributed by atoms with E-state index in [0.717, 1.165) is 27.8 Å². The highest BCUT2D eigenvalue weighted by molar-refractivity contribution is 6.65. The van der Waals surface area contributed by atoms with Crippen LogP contribution in [0.2, 0.25) is 0 Å². The number of aliphatic imine (C=N–C) groups is 2. The zero-order chi connectivity index (χ0) is 20.1. The third-order valence-corrected chi connectivity index (χ3v) is 4.65. The Hall–Kier alpha value is -3.30. The summed E-state index contributed by atoms with van der Waals surface area (Å²) in [7, 11) is 0. The summed E-state index contributed by atoms with van der Waals surface area (Å²) < 4.78 is 0. The first kappa shape index (κ1) is 19.0. The second kappa shape index (κ2) is 8.80. The molecule has 0 saturated heterocycles. The molecular formula is C25H20ClN3. The van der Waals surface area contributed by atoms with E-state index in [-0.39, 0.29) is 0 Å². The first-order chi connectivity index (χ1) is 14.2. The van der Waals surface area contributed by atoms with Gasteiger partial charge in [-0.1, -0.05) is 72.3 Å². The molecule has 0 unspecified atom stereocenters. The molecule has 4 heteroatoms. The lowest BCUT2D eigenvalue weighted by Crippen LogP contribution is -2.01. The van der Waals surface area contributed by atoms with Crippen molar-refractivity contribution in [1.29, 1.82) is 0 Å². The van der Waals surface area contributed by atoms with Crippen LogP contribution in [-0.2, 0) is 6.54 Å². The monoisotopic (exact) mass is 397 g/mol. The van der Waals surface area contributed by atoms with Gasteiger partial charge < -0.3 is 0 Å². The summed E-state index contributed by atoms with van der Waals surface area (Å²) in [6, 6.07) is 28.6. The Bertz CT molecular complexity index is 1190. The molecule has 0 aliphatic carbocycles. The van der Waals surface area contributed by atoms with Crippen molar-refractivity contribution in [2.45, 2.75) is 13.5 Å². The van der Waals surface area contributed by atoms with Crippen molar-refractivity contribution in [2.24, 2.45) is 9.98 Å². The summed E-state index contributed by atoms with van der Waals surface area (Å²) in [5, 5.41) is 2.79. The summed E-state index contributed by atoms with van der Waals surface area (Å²) in [6.45, 7) is 2.27. The Morgan fingerprint density at radius 3 is 2.48 bits per heavy atom. The SMILES string of the molecule is C/C(Cl)=N\C(=N/Cc1cccc(-c2ccccn2)c1)c1ccc2ccccc2c1. The molecular weight excluding hydrogens is 378 g/mol. The Balaban J connectivity index is 1.66. The Morgan fingerprint density at radius 1 is 0.862 bits per heavy atom. The molecule has 0 amide bonds. The van der Waals surface area contributed by atoms with Crippen molar-refractivity contribution in [2.75, 3.05) is 0 Å². The van der Waals surface area contributed by atoms with Crippen molar-refractivity contribution in [3.05, 3.63) is 102 Å². The van der Waals surface area contributed by atoms with Crippen molar-refractivity contribution in [1.82, 2.24) is 4.98 Å². The van der Waals surface area contributed by atoms with Gasteiger partial charge in [-0.05, 0) is 47.5 Å². The highest BCUT2D eigenvalue weighted by Crippen LogP contribution is 2.20. The van der Waals surface area contributed by atoms with E-state index in [0.29, 0.717) is 17.6 Å². The van der Waals surface area contributed by atoms with Crippen molar-refractivity contribution < 1.29 is 0 Å². The number of halogens is 1. The predicted octanol–water partition coefficient (Wildman–Crippen LogP) is 6.51. The molecule has 4 aromatic rings. The van der Waals surface area contributed by atoms with E-state index in [1.807, 2.05) is 42.5 Å². The highest BCUT2D eigenvalue weighted by Gasteiger charge is 2.06. The van der Waals surface area contributed by atoms with Gasteiger partial charge in [-0.15, -0.1) is 0 Å². The topological polar surface area (TPSA) is 37.6 Å². The van der Waals surface area contributed by atoms with E-state index in [2.05, 4.69) is 52.4 Å². The smallest absolute Gasteiger partial charge is 0.156 e. The minimum Gasteiger partial charge on any atom is -0.261 e. The van der Waals surface area contributed by atoms with Crippen LogP contribution in [0.4, 0.5) is 0 Å². The molecule has 0 fully saturated rings. The van der Waals surface area contributed by atoms with Crippen LogP contribution < -0.4 is 0 Å². The predicted molar refractivity (Wildman–Crippen MR) is 123 cm³/mol. The van der Waals surface area contributed by atoms with Crippen molar-refractivity contribution in [3.8, 4) is 11.3 Å². The molecule has 1 aromatic heterocycles. The van der Waals surface area contributed by atoms with Gasteiger partial charge in [-0.25, -0.2) is 4.99 Å². The number of nitrogens with zero attached hydrogens (tertiary/aromatic N) is 3. The molecule has 0 bridgehead atoms. The molecule has 29 heavy (non-hydrogen) atoms. The van der Waals surface area contributed by atoms with Gasteiger partial charge in [-0.2, -0.15) is 0 Å². The lowest BCUT2D eigenvalue weighted by molar-refractivity contribution is 1.06. The largest absolute Gasteiger partial charge is 0.261 e. The van der Waals surface area contributed by atoms with Crippen molar-refractivity contribution >= 4 is 33.4 Å². The van der Waals surface area contributed by atoms with Crippen LogP contribution in [0, 0.1) is 0 Å². The second-order valence-corrected chi connectivity index (χ2v) is 7.27. The fourth-order valence-corrected chi connectivity index (χ4v) is 3.27. The van der Waals surface area contributed by atoms with Gasteiger partial charge >= 0.3 is 0 Å². The molecule has 0 saturated carbocycles. The maximum absolute atomic E-state index is 6.09. The summed E-state index contributed by atoms with van der Waals surface area (Å²) in [4.78, 5) is 13.7. The van der Waals surface area contributed by atoms with Crippen LogP contribution in [0.1, 0.15) is 18.1 Å². The van der Waals surface area contributed by atoms with Gasteiger partial charge in [0.05, 0.1) is 12.2 Å². The lowest BCUT2D eigenvalue weighted by Gasteiger charge is -2.06. The maximum atomic E-state index is 6.09. The van der Waals surface area contributed by atoms with Crippen LogP contribution >= 0.6 is 11.6 Å². The Morgan fingerprint density at radius 2 is 1.69 bits per heavy atom. The van der Waals surface area contributed by atoms with E-state index in [1.54, 1.807) is 13.1 Å². The summed E-state index contributed by atoms with van der Waals surface area (Å²) >= 11 is 6.09. The number of hydrogen-bond acceptors (Lipinski definition) is 2. The van der Waals surface area contributed by atoms with Crippen LogP contribution in [0.5, 0.6) is 0 Å². The van der Waals surface area contributed by atoms with Crippen LogP contribution in [0.25, 0.3) is 22.0 Å². The molecule has 0 spiro atoms. The molecule has 0 atom stereocenters. The number of amidine groups is 1. The van der Waals surface area contributed by atoms with E-state index in [1.165, 1.54) is 5.39 Å². The van der Waals surface area contributed by atoms with Gasteiger partial charge in [0.1, 0.15) is 5.17 Å². The molecule has 0 aliphatic rings. The molecule has 0 N–H and O–H groups in total. The highest BCUT2D eigenvalue weighted by atomic mass is 35.5. The van der Waals surface area contributed by atoms with Gasteiger partial charge in [0, 0.05) is 17.3 Å². The minimum atomic E-state index is 0.458. The number of aromatic nitrogens is 1. The van der Waals surface area contributed by atoms with E-state index < -0.39 is 0 Å². The molecule has 4 rings (SSSR count). The third-order valence-electron chi connectivity index (χ3n) is 4.57. The van der Waals surface area contributed by atoms with E-state index in [9.17, 15) is 0 Å². The molecule has 3 aromatic carbocycles. The average Bonchev–Trinajstić information content (AvgIpc) is 2.77. The summed E-state index contributed by atoms with van der Waals surface area (Å²) in [5.41, 5.74) is 4.06. The zero-order valence-corrected chi connectivity index (χ0v) is 16.8. The van der Waals surface area contributed by atoms with Gasteiger partial charge in [-0.3, -0.25) is 9.98 Å². The summed E-state index contributed by atoms with van der Waals surface area (Å²) in [5.74, 6) is 0.631. The Labute approximate surface area is 175 Å². The van der Waals surface area contributed by atoms with Crippen LogP contribution in [-0.4, -0.2) is 16.0 Å². The number of fused-ring (bicyclic) bond motifs is 1. The first-order valence-corrected chi connectivity index (χ1v) is 9.81. The standard InChI is InChI=1S/C25H20ClN3/c1-18(26)29-25(23-13-12-20-8-2-3-9-21(20)16-23)28-17-19-7-6-10-22(15-19)24-11-4-5-14-27-24/h2-16H,17H2,1H3/b28-25-,29-18+. The van der Waals surface area contributed by atoms with Crippen molar-refractivity contribution in [3.63, 3.8) is 0 Å². The van der Waals surface area contributed by atoms with Gasteiger partial charge in [0.2, 0.25) is 0 Å². The Kier molecular flexibility index (Phi) is 5.78. The number of benzene rings is 3. The molecule has 0 aliphatic heterocycles. The summed E-state index contributed by atoms with van der Waals surface area (Å²) in [6.07, 6.45) is 1.80. The fraction of sp³-hybridized carbons (Fsp3) is 0.0800. The first-order valence-electron chi connectivity index (χ1n) is 9.44. The molecule has 142 valence electrons. The zero-order valence-electron chi connectivity index (χ0n) is 16.1. The maximum Gasteiger partial charge on any atom is 0.156 e. The van der Waals surface area contributed by atoms with E-state index in [4.69, 9.17) is 16.6 Å². The molecule has 0 radical (unpaired) electrons. The molecule has 1 heterocycles. The second-order valence-electron chi connectivity index (χ2n) is 6.73. The van der Waals surface area contributed by atoms with E-state index >= 15 is 0 Å². The number of hydrogen-bond donors (Lipinski definition) is 0. The molecule has 3 nitrogen and oxygen atoms in total. The normalized spacial score (nSPS) is 12.3. The van der Waals surface area contributed by atoms with Gasteiger partial charge in [0.25, 0.3) is 0 Å². The lowest BCUT2D eigenvalue weighted by atomic mass is 10.1.